The molecule has 110 valence electrons. The van der Waals surface area contributed by atoms with Crippen LogP contribution in [0.25, 0.3) is 5.69 Å². The number of anilines is 1. The van der Waals surface area contributed by atoms with Crippen LogP contribution in [0.3, 0.4) is 0 Å². The van der Waals surface area contributed by atoms with Crippen LogP contribution in [0.4, 0.5) is 5.69 Å². The van der Waals surface area contributed by atoms with E-state index in [-0.39, 0.29) is 5.91 Å². The number of aryl methyl sites for hydroxylation is 1. The molecule has 1 aromatic carbocycles. The van der Waals surface area contributed by atoms with E-state index in [4.69, 9.17) is 0 Å². The van der Waals surface area contributed by atoms with Crippen LogP contribution in [0.1, 0.15) is 21.7 Å². The van der Waals surface area contributed by atoms with E-state index in [9.17, 15) is 4.79 Å². The fourth-order valence-corrected chi connectivity index (χ4v) is 2.33. The topological polar surface area (TPSA) is 59.8 Å². The Morgan fingerprint density at radius 3 is 2.41 bits per heavy atom. The van der Waals surface area contributed by atoms with Crippen LogP contribution in [-0.4, -0.2) is 20.7 Å². The summed E-state index contributed by atoms with van der Waals surface area (Å²) in [7, 11) is 0. The Kier molecular flexibility index (Phi) is 3.70. The number of nitrogens with zero attached hydrogens (tertiary/aromatic N) is 3. The molecule has 22 heavy (non-hydrogen) atoms. The zero-order valence-electron chi connectivity index (χ0n) is 12.4. The van der Waals surface area contributed by atoms with Gasteiger partial charge in [0.1, 0.15) is 0 Å². The minimum atomic E-state index is -0.166. The molecular weight excluding hydrogens is 276 g/mol. The van der Waals surface area contributed by atoms with E-state index in [1.54, 1.807) is 24.5 Å². The molecule has 0 fully saturated rings. The van der Waals surface area contributed by atoms with Gasteiger partial charge in [0.15, 0.2) is 0 Å². The number of hydrogen-bond acceptors (Lipinski definition) is 3. The Bertz CT molecular complexity index is 794. The van der Waals surface area contributed by atoms with E-state index in [0.717, 1.165) is 22.8 Å². The summed E-state index contributed by atoms with van der Waals surface area (Å²) in [4.78, 5) is 16.2. The van der Waals surface area contributed by atoms with Crippen LogP contribution in [-0.2, 0) is 0 Å². The molecule has 2 heterocycles. The molecule has 1 N–H and O–H groups in total. The van der Waals surface area contributed by atoms with Crippen molar-refractivity contribution in [1.82, 2.24) is 14.8 Å². The van der Waals surface area contributed by atoms with E-state index in [0.29, 0.717) is 5.56 Å². The summed E-state index contributed by atoms with van der Waals surface area (Å²) in [5.41, 5.74) is 3.95. The molecule has 0 spiro atoms. The van der Waals surface area contributed by atoms with Crippen LogP contribution >= 0.6 is 0 Å². The Labute approximate surface area is 128 Å². The summed E-state index contributed by atoms with van der Waals surface area (Å²) in [6.07, 6.45) is 3.20. The summed E-state index contributed by atoms with van der Waals surface area (Å²) in [6, 6.07) is 13.2. The lowest BCUT2D eigenvalue weighted by Crippen LogP contribution is -2.13. The molecule has 0 aliphatic rings. The number of hydrogen-bond donors (Lipinski definition) is 1. The van der Waals surface area contributed by atoms with Crippen molar-refractivity contribution in [3.63, 3.8) is 0 Å². The van der Waals surface area contributed by atoms with E-state index in [1.165, 1.54) is 0 Å². The summed E-state index contributed by atoms with van der Waals surface area (Å²) in [5.74, 6) is -0.166. The summed E-state index contributed by atoms with van der Waals surface area (Å²) in [6.45, 7) is 3.82. The van der Waals surface area contributed by atoms with Crippen LogP contribution in [0.2, 0.25) is 0 Å². The number of para-hydroxylation sites is 1. The van der Waals surface area contributed by atoms with Crippen molar-refractivity contribution in [2.24, 2.45) is 0 Å². The lowest BCUT2D eigenvalue weighted by Gasteiger charge is -2.07. The fraction of sp³-hybridized carbons (Fsp3) is 0.118. The Balaban J connectivity index is 1.93. The van der Waals surface area contributed by atoms with Crippen molar-refractivity contribution in [3.8, 4) is 5.69 Å². The monoisotopic (exact) mass is 292 g/mol. The van der Waals surface area contributed by atoms with Crippen LogP contribution in [0.15, 0.2) is 54.9 Å². The van der Waals surface area contributed by atoms with Gasteiger partial charge >= 0.3 is 0 Å². The average molecular weight is 292 g/mol. The molecule has 0 unspecified atom stereocenters. The van der Waals surface area contributed by atoms with E-state index < -0.39 is 0 Å². The van der Waals surface area contributed by atoms with Crippen LogP contribution in [0.5, 0.6) is 0 Å². The normalized spacial score (nSPS) is 10.5. The Morgan fingerprint density at radius 1 is 1.05 bits per heavy atom. The number of carbonyl (C=O) groups is 1. The lowest BCUT2D eigenvalue weighted by molar-refractivity contribution is 0.102. The number of aromatic nitrogens is 3. The molecule has 0 atom stereocenters. The van der Waals surface area contributed by atoms with Gasteiger partial charge in [-0.25, -0.2) is 4.68 Å². The summed E-state index contributed by atoms with van der Waals surface area (Å²) in [5, 5.41) is 7.45. The third-order valence-electron chi connectivity index (χ3n) is 3.47. The summed E-state index contributed by atoms with van der Waals surface area (Å²) >= 11 is 0. The number of nitrogens with one attached hydrogen (secondary N) is 1. The molecule has 1 amide bonds. The smallest absolute Gasteiger partial charge is 0.255 e. The molecule has 2 aromatic heterocycles. The van der Waals surface area contributed by atoms with Gasteiger partial charge in [0.05, 0.1) is 22.8 Å². The SMILES string of the molecule is Cc1nn(-c2ccccc2)c(C)c1NC(=O)c1ccncc1. The summed E-state index contributed by atoms with van der Waals surface area (Å²) < 4.78 is 1.83. The van der Waals surface area contributed by atoms with Gasteiger partial charge in [-0.2, -0.15) is 5.10 Å². The molecule has 0 bridgehead atoms. The second-order valence-electron chi connectivity index (χ2n) is 4.98. The molecule has 0 saturated carbocycles. The number of pyridine rings is 1. The highest BCUT2D eigenvalue weighted by atomic mass is 16.1. The maximum atomic E-state index is 12.3. The molecule has 0 saturated heterocycles. The minimum absolute atomic E-state index is 0.166. The Hall–Kier alpha value is -2.95. The zero-order valence-corrected chi connectivity index (χ0v) is 12.4. The molecule has 0 aliphatic heterocycles. The largest absolute Gasteiger partial charge is 0.319 e. The van der Waals surface area contributed by atoms with Gasteiger partial charge in [-0.1, -0.05) is 18.2 Å². The van der Waals surface area contributed by atoms with Crippen molar-refractivity contribution < 1.29 is 4.79 Å². The highest BCUT2D eigenvalue weighted by molar-refractivity contribution is 6.04. The number of rotatable bonds is 3. The molecule has 0 aliphatic carbocycles. The van der Waals surface area contributed by atoms with E-state index in [1.807, 2.05) is 48.9 Å². The van der Waals surface area contributed by atoms with Gasteiger partial charge in [-0.05, 0) is 38.1 Å². The maximum absolute atomic E-state index is 12.3. The number of benzene rings is 1. The molecule has 5 nitrogen and oxygen atoms in total. The molecule has 3 rings (SSSR count). The zero-order chi connectivity index (χ0) is 15.5. The number of carbonyl (C=O) groups excluding carboxylic acids is 1. The van der Waals surface area contributed by atoms with Gasteiger partial charge in [0.25, 0.3) is 5.91 Å². The molecule has 3 aromatic rings. The van der Waals surface area contributed by atoms with Crippen molar-refractivity contribution in [2.45, 2.75) is 13.8 Å². The van der Waals surface area contributed by atoms with Gasteiger partial charge < -0.3 is 5.32 Å². The fourth-order valence-electron chi connectivity index (χ4n) is 2.33. The molecule has 0 radical (unpaired) electrons. The van der Waals surface area contributed by atoms with Crippen molar-refractivity contribution in [2.75, 3.05) is 5.32 Å². The highest BCUT2D eigenvalue weighted by Gasteiger charge is 2.15. The van der Waals surface area contributed by atoms with Crippen molar-refractivity contribution in [1.29, 1.82) is 0 Å². The first-order chi connectivity index (χ1) is 10.7. The standard InChI is InChI=1S/C17H16N4O/c1-12-16(19-17(22)14-8-10-18-11-9-14)13(2)21(20-12)15-6-4-3-5-7-15/h3-11H,1-2H3,(H,19,22). The second kappa shape index (κ2) is 5.81. The van der Waals surface area contributed by atoms with Crippen LogP contribution in [0, 0.1) is 13.8 Å². The van der Waals surface area contributed by atoms with Crippen molar-refractivity contribution >= 4 is 11.6 Å². The first kappa shape index (κ1) is 14.0. The van der Waals surface area contributed by atoms with Gasteiger partial charge in [0, 0.05) is 18.0 Å². The van der Waals surface area contributed by atoms with E-state index >= 15 is 0 Å². The average Bonchev–Trinajstić information content (AvgIpc) is 2.84. The van der Waals surface area contributed by atoms with Gasteiger partial charge in [0.2, 0.25) is 0 Å². The second-order valence-corrected chi connectivity index (χ2v) is 4.98. The third-order valence-corrected chi connectivity index (χ3v) is 3.47. The molecular formula is C17H16N4O. The van der Waals surface area contributed by atoms with Gasteiger partial charge in [-0.3, -0.25) is 9.78 Å². The first-order valence-corrected chi connectivity index (χ1v) is 7.00. The van der Waals surface area contributed by atoms with E-state index in [2.05, 4.69) is 15.4 Å². The number of amides is 1. The third kappa shape index (κ3) is 2.61. The lowest BCUT2D eigenvalue weighted by atomic mass is 10.2. The predicted molar refractivity (Wildman–Crippen MR) is 85.2 cm³/mol. The Morgan fingerprint density at radius 2 is 1.73 bits per heavy atom. The quantitative estimate of drug-likeness (QED) is 0.806. The van der Waals surface area contributed by atoms with Gasteiger partial charge in [-0.15, -0.1) is 0 Å². The minimum Gasteiger partial charge on any atom is -0.319 e. The highest BCUT2D eigenvalue weighted by Crippen LogP contribution is 2.23. The first-order valence-electron chi connectivity index (χ1n) is 7.00. The maximum Gasteiger partial charge on any atom is 0.255 e. The predicted octanol–water partition coefficient (Wildman–Crippen LogP) is 3.14. The van der Waals surface area contributed by atoms with Crippen molar-refractivity contribution in [3.05, 3.63) is 71.8 Å². The van der Waals surface area contributed by atoms with Crippen LogP contribution < -0.4 is 5.32 Å². The molecule has 5 heteroatoms.